The van der Waals surface area contributed by atoms with Crippen LogP contribution in [0.4, 0.5) is 0 Å². The van der Waals surface area contributed by atoms with E-state index in [9.17, 15) is 18.3 Å². The second kappa shape index (κ2) is 6.64. The molecule has 27 heavy (non-hydrogen) atoms. The monoisotopic (exact) mass is 399 g/mol. The summed E-state index contributed by atoms with van der Waals surface area (Å²) < 4.78 is 34.8. The number of aromatic carboxylic acids is 1. The molecule has 1 N–H and O–H groups in total. The van der Waals surface area contributed by atoms with Gasteiger partial charge in [0, 0.05) is 5.56 Å². The largest absolute Gasteiger partial charge is 0.488 e. The van der Waals surface area contributed by atoms with E-state index >= 15 is 0 Å². The van der Waals surface area contributed by atoms with Crippen molar-refractivity contribution in [2.24, 2.45) is 4.40 Å². The van der Waals surface area contributed by atoms with Crippen LogP contribution in [-0.4, -0.2) is 25.2 Å². The van der Waals surface area contributed by atoms with Gasteiger partial charge in [0.25, 0.3) is 10.0 Å². The number of rotatable bonds is 5. The van der Waals surface area contributed by atoms with Crippen LogP contribution in [-0.2, 0) is 16.6 Å². The summed E-state index contributed by atoms with van der Waals surface area (Å²) in [4.78, 5) is 11.3. The van der Waals surface area contributed by atoms with Gasteiger partial charge in [0.05, 0.1) is 16.8 Å². The highest BCUT2D eigenvalue weighted by Gasteiger charge is 2.34. The molecule has 0 bridgehead atoms. The van der Waals surface area contributed by atoms with Crippen LogP contribution in [0.1, 0.15) is 27.0 Å². The lowest BCUT2D eigenvalue weighted by Crippen LogP contribution is -2.08. The molecule has 0 fully saturated rings. The van der Waals surface area contributed by atoms with E-state index in [2.05, 4.69) is 4.40 Å². The van der Waals surface area contributed by atoms with Crippen molar-refractivity contribution >= 4 is 33.0 Å². The van der Waals surface area contributed by atoms with Crippen LogP contribution < -0.4 is 4.74 Å². The number of carboxylic acids is 1. The zero-order valence-corrected chi connectivity index (χ0v) is 15.5. The van der Waals surface area contributed by atoms with Gasteiger partial charge in [-0.05, 0) is 34.5 Å². The Labute approximate surface area is 159 Å². The van der Waals surface area contributed by atoms with Crippen molar-refractivity contribution in [2.45, 2.75) is 11.5 Å². The van der Waals surface area contributed by atoms with Crippen LogP contribution in [0.15, 0.2) is 68.6 Å². The fraction of sp³-hybridized carbons (Fsp3) is 0.0526. The smallest absolute Gasteiger partial charge is 0.335 e. The number of nitrogens with zero attached hydrogens (tertiary/aromatic N) is 1. The average Bonchev–Trinajstić information content (AvgIpc) is 3.26. The first-order chi connectivity index (χ1) is 13.0. The first kappa shape index (κ1) is 17.4. The number of benzene rings is 2. The van der Waals surface area contributed by atoms with Gasteiger partial charge in [-0.15, -0.1) is 0 Å². The molecular weight excluding hydrogens is 386 g/mol. The molecule has 0 atom stereocenters. The fourth-order valence-corrected chi connectivity index (χ4v) is 4.73. The highest BCUT2D eigenvalue weighted by molar-refractivity contribution is 7.90. The van der Waals surface area contributed by atoms with Gasteiger partial charge in [-0.3, -0.25) is 0 Å². The topological polar surface area (TPSA) is 93.0 Å². The summed E-state index contributed by atoms with van der Waals surface area (Å²) in [7, 11) is -4.01. The van der Waals surface area contributed by atoms with Gasteiger partial charge >= 0.3 is 5.97 Å². The number of carboxylic acid groups (broad SMARTS) is 1. The molecule has 8 heteroatoms. The summed E-state index contributed by atoms with van der Waals surface area (Å²) in [5.41, 5.74) is 1.91. The number of fused-ring (bicyclic) bond motifs is 1. The summed E-state index contributed by atoms with van der Waals surface area (Å²) in [6.45, 7) is 0.196. The minimum absolute atomic E-state index is 0.151. The molecule has 136 valence electrons. The Balaban J connectivity index is 1.88. The molecule has 3 aromatic rings. The quantitative estimate of drug-likeness (QED) is 0.708. The van der Waals surface area contributed by atoms with Crippen molar-refractivity contribution < 1.29 is 23.1 Å². The van der Waals surface area contributed by atoms with E-state index in [0.717, 1.165) is 11.6 Å². The van der Waals surface area contributed by atoms with Crippen LogP contribution in [0, 0.1) is 0 Å². The lowest BCUT2D eigenvalue weighted by atomic mass is 10.00. The second-order valence-electron chi connectivity index (χ2n) is 5.85. The van der Waals surface area contributed by atoms with Gasteiger partial charge in [0.15, 0.2) is 0 Å². The minimum atomic E-state index is -4.01. The number of ether oxygens (including phenoxy) is 1. The van der Waals surface area contributed by atoms with E-state index in [1.807, 2.05) is 22.9 Å². The highest BCUT2D eigenvalue weighted by Crippen LogP contribution is 2.37. The van der Waals surface area contributed by atoms with Crippen molar-refractivity contribution in [3.63, 3.8) is 0 Å². The molecule has 0 saturated carbocycles. The Bertz CT molecular complexity index is 1150. The number of hydrogen-bond donors (Lipinski definition) is 1. The van der Waals surface area contributed by atoms with E-state index in [0.29, 0.717) is 11.1 Å². The maximum Gasteiger partial charge on any atom is 0.335 e. The number of carbonyl (C=O) groups is 1. The molecule has 0 amide bonds. The maximum absolute atomic E-state index is 12.6. The van der Waals surface area contributed by atoms with E-state index in [4.69, 9.17) is 4.74 Å². The van der Waals surface area contributed by atoms with Crippen LogP contribution >= 0.6 is 11.3 Å². The van der Waals surface area contributed by atoms with Gasteiger partial charge < -0.3 is 9.84 Å². The molecule has 2 aromatic carbocycles. The zero-order valence-electron chi connectivity index (χ0n) is 13.8. The molecule has 0 aliphatic carbocycles. The summed E-state index contributed by atoms with van der Waals surface area (Å²) in [5.74, 6) is -1.05. The van der Waals surface area contributed by atoms with E-state index in [1.54, 1.807) is 24.3 Å². The number of hydrogen-bond acceptors (Lipinski definition) is 5. The Morgan fingerprint density at radius 3 is 2.59 bits per heavy atom. The van der Waals surface area contributed by atoms with Crippen molar-refractivity contribution in [3.05, 3.63) is 81.5 Å². The molecule has 4 rings (SSSR count). The maximum atomic E-state index is 12.6. The lowest BCUT2D eigenvalue weighted by molar-refractivity contribution is 0.0696. The molecule has 1 aromatic heterocycles. The number of thiophene rings is 1. The molecular formula is C19H13NO5S2. The van der Waals surface area contributed by atoms with Crippen LogP contribution in [0.5, 0.6) is 5.75 Å². The van der Waals surface area contributed by atoms with Gasteiger partial charge in [-0.1, -0.05) is 30.3 Å². The summed E-state index contributed by atoms with van der Waals surface area (Å²) in [5, 5.41) is 13.2. The predicted molar refractivity (Wildman–Crippen MR) is 101 cm³/mol. The SMILES string of the molecule is O=C(O)c1cc(OCc2ccsc2)c2c(c1)S(=O)(=O)N=C2c1ccccc1. The van der Waals surface area contributed by atoms with Crippen molar-refractivity contribution in [3.8, 4) is 5.75 Å². The average molecular weight is 399 g/mol. The highest BCUT2D eigenvalue weighted by atomic mass is 32.2. The first-order valence-corrected chi connectivity index (χ1v) is 10.3. The summed E-state index contributed by atoms with van der Waals surface area (Å²) >= 11 is 1.51. The van der Waals surface area contributed by atoms with Crippen LogP contribution in [0.2, 0.25) is 0 Å². The Kier molecular flexibility index (Phi) is 4.29. The third kappa shape index (κ3) is 3.24. The van der Waals surface area contributed by atoms with Crippen molar-refractivity contribution in [1.29, 1.82) is 0 Å². The van der Waals surface area contributed by atoms with Gasteiger partial charge in [-0.2, -0.15) is 24.2 Å². The number of sulfonamides is 1. The minimum Gasteiger partial charge on any atom is -0.488 e. The third-order valence-electron chi connectivity index (χ3n) is 4.06. The molecule has 2 heterocycles. The van der Waals surface area contributed by atoms with Crippen LogP contribution in [0.25, 0.3) is 0 Å². The standard InChI is InChI=1S/C19H13NO5S2/c21-19(22)14-8-15(25-10-12-6-7-26-11-12)17-16(9-14)27(23,24)20-18(17)13-4-2-1-3-5-13/h1-9,11H,10H2,(H,21,22). The summed E-state index contributed by atoms with van der Waals surface area (Å²) in [6, 6.07) is 13.2. The Morgan fingerprint density at radius 2 is 1.93 bits per heavy atom. The molecule has 0 saturated heterocycles. The first-order valence-electron chi connectivity index (χ1n) is 7.92. The van der Waals surface area contributed by atoms with E-state index < -0.39 is 16.0 Å². The normalized spacial score (nSPS) is 14.4. The predicted octanol–water partition coefficient (Wildman–Crippen LogP) is 3.57. The van der Waals surface area contributed by atoms with Gasteiger partial charge in [-0.25, -0.2) is 4.79 Å². The summed E-state index contributed by atoms with van der Waals surface area (Å²) in [6.07, 6.45) is 0. The zero-order chi connectivity index (χ0) is 19.0. The third-order valence-corrected chi connectivity index (χ3v) is 6.09. The molecule has 0 unspecified atom stereocenters. The van der Waals surface area contributed by atoms with Gasteiger partial charge in [0.1, 0.15) is 17.3 Å². The van der Waals surface area contributed by atoms with E-state index in [1.165, 1.54) is 17.4 Å². The second-order valence-corrected chi connectivity index (χ2v) is 8.21. The van der Waals surface area contributed by atoms with Gasteiger partial charge in [0.2, 0.25) is 0 Å². The molecule has 0 spiro atoms. The van der Waals surface area contributed by atoms with Crippen molar-refractivity contribution in [2.75, 3.05) is 0 Å². The molecule has 6 nitrogen and oxygen atoms in total. The van der Waals surface area contributed by atoms with E-state index in [-0.39, 0.29) is 28.5 Å². The molecule has 1 aliphatic rings. The Morgan fingerprint density at radius 1 is 1.15 bits per heavy atom. The lowest BCUT2D eigenvalue weighted by Gasteiger charge is -2.12. The fourth-order valence-electron chi connectivity index (χ4n) is 2.81. The van der Waals surface area contributed by atoms with Crippen LogP contribution in [0.3, 0.4) is 0 Å². The van der Waals surface area contributed by atoms with Crippen molar-refractivity contribution in [1.82, 2.24) is 0 Å². The molecule has 0 radical (unpaired) electrons. The Hall–Kier alpha value is -2.97. The molecule has 1 aliphatic heterocycles.